The van der Waals surface area contributed by atoms with Crippen LogP contribution in [0.15, 0.2) is 47.6 Å². The summed E-state index contributed by atoms with van der Waals surface area (Å²) in [4.78, 5) is 16.9. The van der Waals surface area contributed by atoms with Crippen LogP contribution in [0.3, 0.4) is 0 Å². The summed E-state index contributed by atoms with van der Waals surface area (Å²) in [6.45, 7) is 2.51. The van der Waals surface area contributed by atoms with Gasteiger partial charge in [0.25, 0.3) is 0 Å². The predicted octanol–water partition coefficient (Wildman–Crippen LogP) is 3.86. The first-order valence-electron chi connectivity index (χ1n) is 6.91. The molecule has 22 heavy (non-hydrogen) atoms. The Balaban J connectivity index is 1.72. The Morgan fingerprint density at radius 1 is 1.18 bits per heavy atom. The Hall–Kier alpha value is -2.33. The van der Waals surface area contributed by atoms with Gasteiger partial charge in [0.2, 0.25) is 0 Å². The average molecular weight is 316 g/mol. The molecule has 3 rings (SSSR count). The lowest BCUT2D eigenvalue weighted by Crippen LogP contribution is -2.04. The van der Waals surface area contributed by atoms with Gasteiger partial charge in [-0.15, -0.1) is 0 Å². The third kappa shape index (κ3) is 3.12. The van der Waals surface area contributed by atoms with E-state index in [9.17, 15) is 4.79 Å². The maximum absolute atomic E-state index is 11.9. The summed E-state index contributed by atoms with van der Waals surface area (Å²) in [5.41, 5.74) is 3.10. The summed E-state index contributed by atoms with van der Waals surface area (Å²) in [6.07, 6.45) is 0.890. The minimum absolute atomic E-state index is 0.406. The van der Waals surface area contributed by atoms with E-state index in [-0.39, 0.29) is 0 Å². The number of nitrogens with zero attached hydrogens (tertiary/aromatic N) is 1. The fourth-order valence-corrected chi connectivity index (χ4v) is 2.34. The van der Waals surface area contributed by atoms with E-state index >= 15 is 0 Å². The van der Waals surface area contributed by atoms with Crippen LogP contribution < -0.4 is 4.74 Å². The first kappa shape index (κ1) is 14.6. The maximum Gasteiger partial charge on any atom is 0.365 e. The van der Waals surface area contributed by atoms with Crippen molar-refractivity contribution in [2.24, 2.45) is 5.16 Å². The zero-order valence-electron chi connectivity index (χ0n) is 12.0. The number of benzene rings is 2. The van der Waals surface area contributed by atoms with Crippen LogP contribution in [-0.4, -0.2) is 18.3 Å². The minimum atomic E-state index is -0.513. The molecule has 0 saturated carbocycles. The monoisotopic (exact) mass is 315 g/mol. The SMILES string of the molecule is C/C(=N/OC(=O)c1ccc(Cl)cc1)c1ccc2c(c1)CCO2. The van der Waals surface area contributed by atoms with Crippen LogP contribution >= 0.6 is 11.6 Å². The summed E-state index contributed by atoms with van der Waals surface area (Å²) in [5, 5.41) is 4.48. The number of carbonyl (C=O) groups is 1. The molecule has 5 heteroatoms. The van der Waals surface area contributed by atoms with Gasteiger partial charge in [-0.1, -0.05) is 16.8 Å². The van der Waals surface area contributed by atoms with Gasteiger partial charge in [-0.25, -0.2) is 4.79 Å². The molecule has 112 valence electrons. The first-order valence-corrected chi connectivity index (χ1v) is 7.29. The van der Waals surface area contributed by atoms with Gasteiger partial charge in [0.15, 0.2) is 0 Å². The third-order valence-electron chi connectivity index (χ3n) is 3.45. The molecule has 0 spiro atoms. The van der Waals surface area contributed by atoms with E-state index in [4.69, 9.17) is 21.2 Å². The smallest absolute Gasteiger partial charge is 0.365 e. The Morgan fingerprint density at radius 2 is 1.91 bits per heavy atom. The molecule has 0 unspecified atom stereocenters. The largest absolute Gasteiger partial charge is 0.493 e. The second-order valence-corrected chi connectivity index (χ2v) is 5.42. The number of carbonyl (C=O) groups excluding carboxylic acids is 1. The lowest BCUT2D eigenvalue weighted by Gasteiger charge is -2.04. The van der Waals surface area contributed by atoms with Crippen LogP contribution in [-0.2, 0) is 11.3 Å². The zero-order chi connectivity index (χ0) is 15.5. The van der Waals surface area contributed by atoms with Crippen molar-refractivity contribution in [1.29, 1.82) is 0 Å². The molecule has 2 aromatic rings. The van der Waals surface area contributed by atoms with Gasteiger partial charge in [0.1, 0.15) is 5.75 Å². The van der Waals surface area contributed by atoms with Gasteiger partial charge in [-0.3, -0.25) is 0 Å². The molecule has 0 aliphatic carbocycles. The summed E-state index contributed by atoms with van der Waals surface area (Å²) in [7, 11) is 0. The molecule has 4 nitrogen and oxygen atoms in total. The standard InChI is InChI=1S/C17H14ClNO3/c1-11(13-4-7-16-14(10-13)8-9-21-16)19-22-17(20)12-2-5-15(18)6-3-12/h2-7,10H,8-9H2,1H3/b19-11-. The highest BCUT2D eigenvalue weighted by Gasteiger charge is 2.13. The summed E-state index contributed by atoms with van der Waals surface area (Å²) in [6, 6.07) is 12.3. The van der Waals surface area contributed by atoms with Crippen LogP contribution in [0.5, 0.6) is 5.75 Å². The lowest BCUT2D eigenvalue weighted by molar-refractivity contribution is 0.0516. The molecule has 0 aromatic heterocycles. The molecule has 0 atom stereocenters. The summed E-state index contributed by atoms with van der Waals surface area (Å²) < 4.78 is 5.46. The van der Waals surface area contributed by atoms with Crippen LogP contribution in [0.4, 0.5) is 0 Å². The molecular formula is C17H14ClNO3. The third-order valence-corrected chi connectivity index (χ3v) is 3.70. The van der Waals surface area contributed by atoms with Crippen molar-refractivity contribution < 1.29 is 14.4 Å². The second kappa shape index (κ2) is 6.20. The fraction of sp³-hybridized carbons (Fsp3) is 0.176. The Bertz CT molecular complexity index is 738. The van der Waals surface area contributed by atoms with Crippen LogP contribution in [0.2, 0.25) is 5.02 Å². The molecule has 0 amide bonds. The molecule has 2 aromatic carbocycles. The lowest BCUT2D eigenvalue weighted by atomic mass is 10.1. The summed E-state index contributed by atoms with van der Waals surface area (Å²) in [5.74, 6) is 0.398. The predicted molar refractivity (Wildman–Crippen MR) is 84.7 cm³/mol. The number of rotatable bonds is 3. The minimum Gasteiger partial charge on any atom is -0.493 e. The number of ether oxygens (including phenoxy) is 1. The Morgan fingerprint density at radius 3 is 2.68 bits per heavy atom. The molecule has 1 heterocycles. The van der Waals surface area contributed by atoms with Crippen molar-refractivity contribution >= 4 is 23.3 Å². The molecule has 0 N–H and O–H groups in total. The molecule has 1 aliphatic heterocycles. The molecular weight excluding hydrogens is 302 g/mol. The molecule has 0 saturated heterocycles. The number of hydrogen-bond donors (Lipinski definition) is 0. The molecule has 0 fully saturated rings. The highest BCUT2D eigenvalue weighted by Crippen LogP contribution is 2.26. The average Bonchev–Trinajstić information content (AvgIpc) is 3.00. The molecule has 0 radical (unpaired) electrons. The van der Waals surface area contributed by atoms with Crippen molar-refractivity contribution in [2.75, 3.05) is 6.61 Å². The van der Waals surface area contributed by atoms with Crippen molar-refractivity contribution in [3.05, 3.63) is 64.2 Å². The number of oxime groups is 1. The van der Waals surface area contributed by atoms with E-state index in [1.807, 2.05) is 18.2 Å². The van der Waals surface area contributed by atoms with Gasteiger partial charge >= 0.3 is 5.97 Å². The van der Waals surface area contributed by atoms with E-state index in [0.717, 1.165) is 23.3 Å². The van der Waals surface area contributed by atoms with E-state index in [1.165, 1.54) is 0 Å². The maximum atomic E-state index is 11.9. The summed E-state index contributed by atoms with van der Waals surface area (Å²) >= 11 is 5.78. The highest BCUT2D eigenvalue weighted by molar-refractivity contribution is 6.30. The molecule has 0 bridgehead atoms. The fourth-order valence-electron chi connectivity index (χ4n) is 2.21. The van der Waals surface area contributed by atoms with E-state index in [2.05, 4.69) is 5.16 Å². The topological polar surface area (TPSA) is 47.9 Å². The van der Waals surface area contributed by atoms with Gasteiger partial charge in [-0.05, 0) is 60.5 Å². The Labute approximate surface area is 133 Å². The zero-order valence-corrected chi connectivity index (χ0v) is 12.8. The van der Waals surface area contributed by atoms with E-state index in [0.29, 0.717) is 22.9 Å². The molecule has 1 aliphatic rings. The number of halogens is 1. The van der Waals surface area contributed by atoms with Crippen LogP contribution in [0.25, 0.3) is 0 Å². The van der Waals surface area contributed by atoms with Gasteiger partial charge < -0.3 is 9.57 Å². The van der Waals surface area contributed by atoms with Gasteiger partial charge in [0, 0.05) is 11.4 Å². The number of fused-ring (bicyclic) bond motifs is 1. The highest BCUT2D eigenvalue weighted by atomic mass is 35.5. The van der Waals surface area contributed by atoms with E-state index < -0.39 is 5.97 Å². The van der Waals surface area contributed by atoms with Gasteiger partial charge in [-0.2, -0.15) is 0 Å². The van der Waals surface area contributed by atoms with E-state index in [1.54, 1.807) is 31.2 Å². The van der Waals surface area contributed by atoms with Crippen LogP contribution in [0, 0.1) is 0 Å². The normalized spacial score (nSPS) is 13.5. The Kier molecular flexibility index (Phi) is 4.11. The van der Waals surface area contributed by atoms with Crippen LogP contribution in [0.1, 0.15) is 28.4 Å². The van der Waals surface area contributed by atoms with Crippen molar-refractivity contribution in [1.82, 2.24) is 0 Å². The quantitative estimate of drug-likeness (QED) is 0.491. The van der Waals surface area contributed by atoms with Gasteiger partial charge in [0.05, 0.1) is 17.9 Å². The number of hydrogen-bond acceptors (Lipinski definition) is 4. The van der Waals surface area contributed by atoms with Crippen molar-refractivity contribution in [2.45, 2.75) is 13.3 Å². The van der Waals surface area contributed by atoms with Crippen molar-refractivity contribution in [3.8, 4) is 5.75 Å². The van der Waals surface area contributed by atoms with Crippen molar-refractivity contribution in [3.63, 3.8) is 0 Å². The first-order chi connectivity index (χ1) is 10.6. The second-order valence-electron chi connectivity index (χ2n) is 4.98.